The number of hydrogen-bond acceptors (Lipinski definition) is 5. The molecule has 1 N–H and O–H groups in total. The van der Waals surface area contributed by atoms with Gasteiger partial charge in [-0.15, -0.1) is 11.3 Å². The number of aromatic nitrogens is 1. The fourth-order valence-corrected chi connectivity index (χ4v) is 5.56. The van der Waals surface area contributed by atoms with Gasteiger partial charge in [0.15, 0.2) is 0 Å². The van der Waals surface area contributed by atoms with Crippen LogP contribution in [-0.2, 0) is 0 Å². The Morgan fingerprint density at radius 1 is 1.07 bits per heavy atom. The number of pyridine rings is 1. The first-order valence-electron chi connectivity index (χ1n) is 9.31. The zero-order valence-electron chi connectivity index (χ0n) is 15.6. The van der Waals surface area contributed by atoms with Crippen LogP contribution in [-0.4, -0.2) is 29.4 Å². The molecule has 29 heavy (non-hydrogen) atoms. The first kappa shape index (κ1) is 18.7. The normalized spacial score (nSPS) is 21.7. The van der Waals surface area contributed by atoms with Crippen LogP contribution in [0.2, 0.25) is 0 Å². The van der Waals surface area contributed by atoms with Crippen molar-refractivity contribution in [1.82, 2.24) is 15.4 Å². The standard InChI is InChI=1S/C22H18BrFN4S/c1-28-12-16-20(17-6-7-18(23)29-17)19(13-8-10-25-11-9-13)21(26-22(16)27-28)14-2-4-15(24)5-3-14/h2-11,16,21H,12H2,1H3,(H,26,27). The van der Waals surface area contributed by atoms with Crippen LogP contribution in [0.3, 0.4) is 0 Å². The van der Waals surface area contributed by atoms with Crippen LogP contribution in [0.1, 0.15) is 22.0 Å². The molecule has 0 radical (unpaired) electrons. The second kappa shape index (κ2) is 7.48. The molecule has 1 saturated heterocycles. The fraction of sp³-hybridized carbons (Fsp3) is 0.182. The number of halogens is 2. The van der Waals surface area contributed by atoms with E-state index in [9.17, 15) is 4.39 Å². The number of hydrazine groups is 1. The number of aliphatic imine (C=N–C) groups is 1. The number of benzene rings is 1. The lowest BCUT2D eigenvalue weighted by Crippen LogP contribution is -2.31. The Morgan fingerprint density at radius 3 is 2.52 bits per heavy atom. The summed E-state index contributed by atoms with van der Waals surface area (Å²) in [7, 11) is 2.03. The van der Waals surface area contributed by atoms with Crippen molar-refractivity contribution >= 4 is 44.2 Å². The van der Waals surface area contributed by atoms with Crippen molar-refractivity contribution in [2.45, 2.75) is 6.04 Å². The molecule has 146 valence electrons. The van der Waals surface area contributed by atoms with Crippen molar-refractivity contribution in [3.8, 4) is 0 Å². The van der Waals surface area contributed by atoms with Gasteiger partial charge in [-0.1, -0.05) is 12.1 Å². The lowest BCUT2D eigenvalue weighted by Gasteiger charge is -2.29. The van der Waals surface area contributed by atoms with Gasteiger partial charge < -0.3 is 5.43 Å². The zero-order chi connectivity index (χ0) is 20.0. The maximum absolute atomic E-state index is 13.6. The Morgan fingerprint density at radius 2 is 1.83 bits per heavy atom. The molecule has 7 heteroatoms. The van der Waals surface area contributed by atoms with Gasteiger partial charge in [0, 0.05) is 30.9 Å². The lowest BCUT2D eigenvalue weighted by atomic mass is 9.81. The minimum Gasteiger partial charge on any atom is -0.307 e. The van der Waals surface area contributed by atoms with Gasteiger partial charge in [-0.25, -0.2) is 9.40 Å². The SMILES string of the molecule is CN1CC2C(=NC(c3ccc(F)cc3)C(c3ccncc3)=C2c2ccc(Br)s2)N1. The van der Waals surface area contributed by atoms with Gasteiger partial charge in [-0.05, 0) is 74.6 Å². The first-order chi connectivity index (χ1) is 14.1. The summed E-state index contributed by atoms with van der Waals surface area (Å²) in [5, 5.41) is 2.07. The van der Waals surface area contributed by atoms with Crippen molar-refractivity contribution in [1.29, 1.82) is 0 Å². The van der Waals surface area contributed by atoms with Crippen LogP contribution in [0.15, 0.2) is 69.7 Å². The van der Waals surface area contributed by atoms with Crippen LogP contribution in [0.25, 0.3) is 11.1 Å². The Balaban J connectivity index is 1.78. The molecule has 1 aromatic carbocycles. The monoisotopic (exact) mass is 468 g/mol. The van der Waals surface area contributed by atoms with Crippen molar-refractivity contribution in [2.24, 2.45) is 10.9 Å². The largest absolute Gasteiger partial charge is 0.307 e. The second-order valence-corrected chi connectivity index (χ2v) is 9.64. The van der Waals surface area contributed by atoms with Crippen LogP contribution in [0.4, 0.5) is 4.39 Å². The van der Waals surface area contributed by atoms with Gasteiger partial charge in [-0.3, -0.25) is 9.98 Å². The third-order valence-electron chi connectivity index (χ3n) is 5.29. The molecule has 2 unspecified atom stereocenters. The summed E-state index contributed by atoms with van der Waals surface area (Å²) in [6, 6.07) is 14.7. The molecular formula is C22H18BrFN4S. The number of amidine groups is 1. The number of nitrogens with zero attached hydrogens (tertiary/aromatic N) is 3. The molecule has 0 amide bonds. The summed E-state index contributed by atoms with van der Waals surface area (Å²) in [5.74, 6) is 0.871. The molecule has 5 rings (SSSR count). The molecule has 3 aromatic rings. The summed E-state index contributed by atoms with van der Waals surface area (Å²) in [6.45, 7) is 0.842. The van der Waals surface area contributed by atoms with Gasteiger partial charge in [-0.2, -0.15) is 0 Å². The van der Waals surface area contributed by atoms with Crippen LogP contribution >= 0.6 is 27.3 Å². The Bertz CT molecular complexity index is 1110. The molecule has 0 saturated carbocycles. The highest BCUT2D eigenvalue weighted by Gasteiger charge is 2.39. The Kier molecular flexibility index (Phi) is 4.81. The Hall–Kier alpha value is -2.35. The zero-order valence-corrected chi connectivity index (χ0v) is 18.0. The fourth-order valence-electron chi connectivity index (χ4n) is 4.06. The van der Waals surface area contributed by atoms with E-state index in [1.165, 1.54) is 22.6 Å². The topological polar surface area (TPSA) is 40.5 Å². The summed E-state index contributed by atoms with van der Waals surface area (Å²) >= 11 is 5.34. The molecule has 4 heterocycles. The molecule has 0 bridgehead atoms. The van der Waals surface area contributed by atoms with Crippen molar-refractivity contribution in [2.75, 3.05) is 13.6 Å². The van der Waals surface area contributed by atoms with E-state index in [4.69, 9.17) is 4.99 Å². The predicted molar refractivity (Wildman–Crippen MR) is 119 cm³/mol. The van der Waals surface area contributed by atoms with E-state index in [2.05, 4.69) is 43.5 Å². The minimum atomic E-state index is -0.245. The lowest BCUT2D eigenvalue weighted by molar-refractivity contribution is 0.331. The van der Waals surface area contributed by atoms with E-state index >= 15 is 0 Å². The number of fused-ring (bicyclic) bond motifs is 1. The third kappa shape index (κ3) is 3.43. The smallest absolute Gasteiger partial charge is 0.123 e. The predicted octanol–water partition coefficient (Wildman–Crippen LogP) is 5.18. The van der Waals surface area contributed by atoms with Crippen molar-refractivity contribution in [3.63, 3.8) is 0 Å². The third-order valence-corrected chi connectivity index (χ3v) is 6.94. The maximum atomic E-state index is 13.6. The van der Waals surface area contributed by atoms with Crippen LogP contribution < -0.4 is 5.43 Å². The number of hydrogen-bond donors (Lipinski definition) is 1. The average molecular weight is 469 g/mol. The van der Waals surface area contributed by atoms with E-state index in [1.54, 1.807) is 11.3 Å². The molecule has 2 aliphatic heterocycles. The van der Waals surface area contributed by atoms with Crippen LogP contribution in [0, 0.1) is 11.7 Å². The van der Waals surface area contributed by atoms with Gasteiger partial charge in [0.05, 0.1) is 9.70 Å². The number of thiophene rings is 1. The van der Waals surface area contributed by atoms with Crippen molar-refractivity contribution < 1.29 is 4.39 Å². The highest BCUT2D eigenvalue weighted by molar-refractivity contribution is 9.11. The summed E-state index contributed by atoms with van der Waals surface area (Å²) < 4.78 is 14.7. The summed E-state index contributed by atoms with van der Waals surface area (Å²) in [5.41, 5.74) is 7.88. The van der Waals surface area contributed by atoms with Crippen LogP contribution in [0.5, 0.6) is 0 Å². The quantitative estimate of drug-likeness (QED) is 0.575. The second-order valence-electron chi connectivity index (χ2n) is 7.18. The molecule has 1 fully saturated rings. The molecule has 2 atom stereocenters. The molecule has 0 spiro atoms. The van der Waals surface area contributed by atoms with Gasteiger partial charge in [0.1, 0.15) is 17.7 Å². The average Bonchev–Trinajstić information content (AvgIpc) is 3.32. The van der Waals surface area contributed by atoms with E-state index in [0.29, 0.717) is 0 Å². The van der Waals surface area contributed by atoms with Crippen molar-refractivity contribution in [3.05, 3.63) is 86.5 Å². The molecule has 2 aliphatic rings. The molecule has 4 nitrogen and oxygen atoms in total. The van der Waals surface area contributed by atoms with E-state index in [-0.39, 0.29) is 17.8 Å². The summed E-state index contributed by atoms with van der Waals surface area (Å²) in [6.07, 6.45) is 3.62. The maximum Gasteiger partial charge on any atom is 0.123 e. The number of rotatable bonds is 3. The van der Waals surface area contributed by atoms with E-state index in [1.807, 2.05) is 43.7 Å². The van der Waals surface area contributed by atoms with Gasteiger partial charge in [0.25, 0.3) is 0 Å². The highest BCUT2D eigenvalue weighted by atomic mass is 79.9. The highest BCUT2D eigenvalue weighted by Crippen LogP contribution is 2.48. The molecule has 2 aromatic heterocycles. The number of nitrogens with one attached hydrogen (secondary N) is 1. The first-order valence-corrected chi connectivity index (χ1v) is 10.9. The van der Waals surface area contributed by atoms with E-state index < -0.39 is 0 Å². The van der Waals surface area contributed by atoms with Gasteiger partial charge in [0.2, 0.25) is 0 Å². The molecule has 0 aliphatic carbocycles. The Labute approximate surface area is 180 Å². The summed E-state index contributed by atoms with van der Waals surface area (Å²) in [4.78, 5) is 10.5. The minimum absolute atomic E-state index is 0.158. The van der Waals surface area contributed by atoms with E-state index in [0.717, 1.165) is 32.9 Å². The number of dihydropyridines is 1. The molecular weight excluding hydrogens is 451 g/mol. The van der Waals surface area contributed by atoms with Gasteiger partial charge >= 0.3 is 0 Å².